The van der Waals surface area contributed by atoms with Crippen LogP contribution in [-0.4, -0.2) is 50.3 Å². The quantitative estimate of drug-likeness (QED) is 0.815. The van der Waals surface area contributed by atoms with Crippen LogP contribution in [0.4, 0.5) is 0 Å². The lowest BCUT2D eigenvalue weighted by atomic mass is 9.86. The number of hydrogen-bond donors (Lipinski definition) is 1. The van der Waals surface area contributed by atoms with Gasteiger partial charge in [0.2, 0.25) is 0 Å². The molecule has 1 N–H and O–H groups in total. The molecule has 0 aromatic carbocycles. The van der Waals surface area contributed by atoms with Gasteiger partial charge in [-0.1, -0.05) is 13.8 Å². The average Bonchev–Trinajstić information content (AvgIpc) is 2.64. The van der Waals surface area contributed by atoms with E-state index >= 15 is 0 Å². The lowest BCUT2D eigenvalue weighted by molar-refractivity contribution is 0.00804. The molecule has 3 unspecified atom stereocenters. The Labute approximate surface area is 106 Å². The van der Waals surface area contributed by atoms with E-state index in [0.717, 1.165) is 6.54 Å². The molecule has 2 fully saturated rings. The molecule has 2 aliphatic rings. The Balaban J connectivity index is 2.02. The highest BCUT2D eigenvalue weighted by Crippen LogP contribution is 2.40. The molecule has 0 aromatic rings. The minimum absolute atomic E-state index is 0.430. The maximum absolute atomic E-state index is 5.54. The third-order valence-corrected chi connectivity index (χ3v) is 4.83. The van der Waals surface area contributed by atoms with Crippen LogP contribution in [0.5, 0.6) is 0 Å². The predicted molar refractivity (Wildman–Crippen MR) is 71.3 cm³/mol. The van der Waals surface area contributed by atoms with Gasteiger partial charge >= 0.3 is 0 Å². The summed E-state index contributed by atoms with van der Waals surface area (Å²) in [5.74, 6) is 0. The first-order valence-corrected chi connectivity index (χ1v) is 7.02. The Bertz CT molecular complexity index is 255. The second kappa shape index (κ2) is 5.25. The summed E-state index contributed by atoms with van der Waals surface area (Å²) >= 11 is 0. The van der Waals surface area contributed by atoms with Crippen molar-refractivity contribution >= 4 is 0 Å². The number of nitrogens with one attached hydrogen (secondary N) is 1. The Hall–Kier alpha value is -0.120. The van der Waals surface area contributed by atoms with Crippen molar-refractivity contribution in [3.05, 3.63) is 0 Å². The van der Waals surface area contributed by atoms with Crippen LogP contribution < -0.4 is 5.32 Å². The zero-order valence-electron chi connectivity index (χ0n) is 11.8. The summed E-state index contributed by atoms with van der Waals surface area (Å²) in [5, 5.41) is 3.55. The third kappa shape index (κ3) is 2.67. The minimum atomic E-state index is 0.430. The van der Waals surface area contributed by atoms with Crippen molar-refractivity contribution in [2.75, 3.05) is 27.2 Å². The fourth-order valence-corrected chi connectivity index (χ4v) is 3.80. The van der Waals surface area contributed by atoms with Crippen LogP contribution in [0.15, 0.2) is 0 Å². The van der Waals surface area contributed by atoms with Gasteiger partial charge in [0.25, 0.3) is 0 Å². The van der Waals surface area contributed by atoms with Gasteiger partial charge < -0.3 is 10.1 Å². The van der Waals surface area contributed by atoms with Gasteiger partial charge in [-0.05, 0) is 44.7 Å². The van der Waals surface area contributed by atoms with Crippen LogP contribution in [0.2, 0.25) is 0 Å². The third-order valence-electron chi connectivity index (χ3n) is 4.83. The molecule has 1 saturated carbocycles. The van der Waals surface area contributed by atoms with E-state index in [4.69, 9.17) is 4.74 Å². The Morgan fingerprint density at radius 2 is 2.06 bits per heavy atom. The summed E-state index contributed by atoms with van der Waals surface area (Å²) in [6.45, 7) is 7.16. The van der Waals surface area contributed by atoms with E-state index in [-0.39, 0.29) is 0 Å². The molecule has 1 aliphatic heterocycles. The van der Waals surface area contributed by atoms with Crippen LogP contribution in [-0.2, 0) is 4.74 Å². The summed E-state index contributed by atoms with van der Waals surface area (Å²) < 4.78 is 5.54. The molecule has 100 valence electrons. The number of methoxy groups -OCH3 is 1. The number of rotatable bonds is 3. The normalized spacial score (nSPS) is 38.5. The number of likely N-dealkylation sites (tertiary alicyclic amines) is 1. The Morgan fingerprint density at radius 3 is 2.71 bits per heavy atom. The lowest BCUT2D eigenvalue weighted by Crippen LogP contribution is -2.54. The highest BCUT2D eigenvalue weighted by Gasteiger charge is 2.44. The standard InChI is InChI=1S/C14H28N2O/c1-14(2)8-7-12(13(14)15-3)16-9-5-6-11(10-16)17-4/h11-13,15H,5-10H2,1-4H3. The van der Waals surface area contributed by atoms with Crippen molar-refractivity contribution in [1.82, 2.24) is 10.2 Å². The number of nitrogens with zero attached hydrogens (tertiary/aromatic N) is 1. The first-order chi connectivity index (χ1) is 8.08. The predicted octanol–water partition coefficient (Wildman–Crippen LogP) is 1.87. The van der Waals surface area contributed by atoms with Gasteiger partial charge in [0.05, 0.1) is 6.10 Å². The number of ether oxygens (including phenoxy) is 1. The molecule has 1 aliphatic carbocycles. The van der Waals surface area contributed by atoms with Gasteiger partial charge in [-0.25, -0.2) is 0 Å². The fourth-order valence-electron chi connectivity index (χ4n) is 3.80. The molecule has 3 atom stereocenters. The topological polar surface area (TPSA) is 24.5 Å². The molecule has 0 radical (unpaired) electrons. The van der Waals surface area contributed by atoms with E-state index in [2.05, 4.69) is 31.1 Å². The zero-order chi connectivity index (χ0) is 12.5. The molecule has 2 rings (SSSR count). The second-order valence-corrected chi connectivity index (χ2v) is 6.36. The second-order valence-electron chi connectivity index (χ2n) is 6.36. The number of hydrogen-bond acceptors (Lipinski definition) is 3. The van der Waals surface area contributed by atoms with Gasteiger partial charge in [-0.3, -0.25) is 4.90 Å². The van der Waals surface area contributed by atoms with E-state index in [0.29, 0.717) is 23.6 Å². The van der Waals surface area contributed by atoms with E-state index in [1.165, 1.54) is 32.2 Å². The van der Waals surface area contributed by atoms with Gasteiger partial charge in [-0.15, -0.1) is 0 Å². The first kappa shape index (κ1) is 13.3. The maximum atomic E-state index is 5.54. The molecule has 0 spiro atoms. The Morgan fingerprint density at radius 1 is 1.29 bits per heavy atom. The molecular weight excluding hydrogens is 212 g/mol. The van der Waals surface area contributed by atoms with Crippen molar-refractivity contribution in [3.63, 3.8) is 0 Å². The average molecular weight is 240 g/mol. The first-order valence-electron chi connectivity index (χ1n) is 7.02. The van der Waals surface area contributed by atoms with E-state index < -0.39 is 0 Å². The van der Waals surface area contributed by atoms with Gasteiger partial charge in [0.15, 0.2) is 0 Å². The van der Waals surface area contributed by atoms with Crippen molar-refractivity contribution in [2.24, 2.45) is 5.41 Å². The van der Waals surface area contributed by atoms with Crippen molar-refractivity contribution in [2.45, 2.75) is 57.7 Å². The molecule has 3 heteroatoms. The van der Waals surface area contributed by atoms with Crippen molar-refractivity contribution in [1.29, 1.82) is 0 Å². The van der Waals surface area contributed by atoms with Crippen LogP contribution in [0.3, 0.4) is 0 Å². The van der Waals surface area contributed by atoms with Crippen molar-refractivity contribution in [3.8, 4) is 0 Å². The van der Waals surface area contributed by atoms with E-state index in [9.17, 15) is 0 Å². The monoisotopic (exact) mass is 240 g/mol. The van der Waals surface area contributed by atoms with Crippen molar-refractivity contribution < 1.29 is 4.74 Å². The minimum Gasteiger partial charge on any atom is -0.380 e. The highest BCUT2D eigenvalue weighted by atomic mass is 16.5. The largest absolute Gasteiger partial charge is 0.380 e. The Kier molecular flexibility index (Phi) is 4.11. The summed E-state index contributed by atoms with van der Waals surface area (Å²) in [4.78, 5) is 2.66. The number of piperidine rings is 1. The molecule has 3 nitrogen and oxygen atoms in total. The molecular formula is C14H28N2O. The van der Waals surface area contributed by atoms with Gasteiger partial charge in [0, 0.05) is 25.7 Å². The summed E-state index contributed by atoms with van der Waals surface area (Å²) in [6, 6.07) is 1.33. The molecule has 1 saturated heterocycles. The number of likely N-dealkylation sites (N-methyl/N-ethyl adjacent to an activating group) is 1. The molecule has 1 heterocycles. The molecule has 0 aromatic heterocycles. The zero-order valence-corrected chi connectivity index (χ0v) is 11.8. The summed E-state index contributed by atoms with van der Waals surface area (Å²) in [6.07, 6.45) is 5.62. The smallest absolute Gasteiger partial charge is 0.0698 e. The SMILES string of the molecule is CNC1C(N2CCCC(OC)C2)CCC1(C)C. The van der Waals surface area contributed by atoms with Crippen LogP contribution in [0.1, 0.15) is 39.5 Å². The van der Waals surface area contributed by atoms with Crippen LogP contribution >= 0.6 is 0 Å². The lowest BCUT2D eigenvalue weighted by Gasteiger charge is -2.41. The molecule has 0 amide bonds. The van der Waals surface area contributed by atoms with Crippen LogP contribution in [0, 0.1) is 5.41 Å². The molecule has 0 bridgehead atoms. The highest BCUT2D eigenvalue weighted by molar-refractivity contribution is 5.01. The van der Waals surface area contributed by atoms with Gasteiger partial charge in [0.1, 0.15) is 0 Å². The van der Waals surface area contributed by atoms with Crippen LogP contribution in [0.25, 0.3) is 0 Å². The summed E-state index contributed by atoms with van der Waals surface area (Å²) in [5.41, 5.74) is 0.430. The van der Waals surface area contributed by atoms with Gasteiger partial charge in [-0.2, -0.15) is 0 Å². The summed E-state index contributed by atoms with van der Waals surface area (Å²) in [7, 11) is 3.96. The van der Waals surface area contributed by atoms with E-state index in [1.807, 2.05) is 7.11 Å². The maximum Gasteiger partial charge on any atom is 0.0698 e. The molecule has 17 heavy (non-hydrogen) atoms. The van der Waals surface area contributed by atoms with E-state index in [1.54, 1.807) is 0 Å². The fraction of sp³-hybridized carbons (Fsp3) is 1.00.